The Labute approximate surface area is 171 Å². The number of phenols is 1. The minimum atomic E-state index is -0.681. The van der Waals surface area contributed by atoms with Gasteiger partial charge in [0, 0.05) is 29.3 Å². The van der Waals surface area contributed by atoms with Crippen LogP contribution in [0.5, 0.6) is 11.5 Å². The van der Waals surface area contributed by atoms with Gasteiger partial charge in [-0.15, -0.1) is 0 Å². The van der Waals surface area contributed by atoms with Gasteiger partial charge in [-0.25, -0.2) is 0 Å². The number of aromatic hydroxyl groups is 1. The average molecular weight is 399 g/mol. The van der Waals surface area contributed by atoms with Crippen molar-refractivity contribution in [1.29, 1.82) is 0 Å². The molecular weight excluding hydrogens is 370 g/mol. The second kappa shape index (κ2) is 8.01. The Bertz CT molecular complexity index is 897. The molecule has 2 atom stereocenters. The highest BCUT2D eigenvalue weighted by molar-refractivity contribution is 6.09. The second-order valence-corrected chi connectivity index (χ2v) is 8.61. The first-order valence-corrected chi connectivity index (χ1v) is 10.0. The summed E-state index contributed by atoms with van der Waals surface area (Å²) in [7, 11) is 1.47. The Morgan fingerprint density at radius 2 is 2.03 bits per heavy atom. The van der Waals surface area contributed by atoms with Crippen molar-refractivity contribution in [2.24, 2.45) is 16.3 Å². The summed E-state index contributed by atoms with van der Waals surface area (Å²) < 4.78 is 10.7. The van der Waals surface area contributed by atoms with Crippen molar-refractivity contribution in [3.05, 3.63) is 35.0 Å². The number of phenolic OH excluding ortho intramolecular Hbond substituents is 1. The van der Waals surface area contributed by atoms with Crippen LogP contribution < -0.4 is 4.74 Å². The Balaban J connectivity index is 2.16. The van der Waals surface area contributed by atoms with Gasteiger partial charge in [0.1, 0.15) is 5.92 Å². The molecule has 0 spiro atoms. The van der Waals surface area contributed by atoms with E-state index >= 15 is 0 Å². The van der Waals surface area contributed by atoms with Crippen LogP contribution >= 0.6 is 0 Å². The van der Waals surface area contributed by atoms with Crippen molar-refractivity contribution in [3.63, 3.8) is 0 Å². The van der Waals surface area contributed by atoms with Gasteiger partial charge in [-0.05, 0) is 42.9 Å². The van der Waals surface area contributed by atoms with E-state index in [4.69, 9.17) is 14.5 Å². The average Bonchev–Trinajstić information content (AvgIpc) is 2.64. The first-order chi connectivity index (χ1) is 13.7. The van der Waals surface area contributed by atoms with Crippen LogP contribution in [0.4, 0.5) is 0 Å². The number of ether oxygens (including phenoxy) is 2. The first kappa shape index (κ1) is 21.1. The third-order valence-electron chi connectivity index (χ3n) is 5.57. The summed E-state index contributed by atoms with van der Waals surface area (Å²) in [4.78, 5) is 30.8. The predicted molar refractivity (Wildman–Crippen MR) is 110 cm³/mol. The number of esters is 1. The fourth-order valence-electron chi connectivity index (χ4n) is 4.29. The number of hydrogen-bond donors (Lipinski definition) is 1. The topological polar surface area (TPSA) is 85.2 Å². The van der Waals surface area contributed by atoms with Crippen LogP contribution in [0.15, 0.2) is 34.5 Å². The molecule has 1 N–H and O–H groups in total. The fourth-order valence-corrected chi connectivity index (χ4v) is 4.29. The lowest BCUT2D eigenvalue weighted by molar-refractivity contribution is -0.146. The molecule has 1 unspecified atom stereocenters. The van der Waals surface area contributed by atoms with Gasteiger partial charge in [-0.3, -0.25) is 14.6 Å². The molecule has 0 saturated carbocycles. The number of methoxy groups -OCH3 is 1. The highest BCUT2D eigenvalue weighted by Crippen LogP contribution is 2.48. The summed E-state index contributed by atoms with van der Waals surface area (Å²) in [6.45, 7) is 8.18. The van der Waals surface area contributed by atoms with E-state index in [1.54, 1.807) is 12.1 Å². The van der Waals surface area contributed by atoms with Crippen molar-refractivity contribution >= 4 is 17.5 Å². The molecule has 0 saturated heterocycles. The van der Waals surface area contributed by atoms with Crippen LogP contribution in [0.25, 0.3) is 0 Å². The molecule has 156 valence electrons. The lowest BCUT2D eigenvalue weighted by Crippen LogP contribution is -2.39. The summed E-state index contributed by atoms with van der Waals surface area (Å²) in [5.41, 5.74) is 2.54. The summed E-state index contributed by atoms with van der Waals surface area (Å²) in [5.74, 6) is -1.25. The predicted octanol–water partition coefficient (Wildman–Crippen LogP) is 4.17. The SMILES string of the molecule is CCCOC(=O)C1C(C)=NC2=C(C(=O)CC(C)(C)C2)[C@@H]1c1ccc(O)c(OC)c1. The van der Waals surface area contributed by atoms with Crippen LogP contribution in [-0.4, -0.2) is 36.3 Å². The Morgan fingerprint density at radius 1 is 1.31 bits per heavy atom. The van der Waals surface area contributed by atoms with Crippen molar-refractivity contribution in [3.8, 4) is 11.5 Å². The number of carbonyl (C=O) groups excluding carboxylic acids is 2. The Kier molecular flexibility index (Phi) is 5.82. The monoisotopic (exact) mass is 399 g/mol. The maximum Gasteiger partial charge on any atom is 0.315 e. The minimum absolute atomic E-state index is 0.00728. The van der Waals surface area contributed by atoms with Crippen LogP contribution in [0.3, 0.4) is 0 Å². The summed E-state index contributed by atoms with van der Waals surface area (Å²) in [5, 5.41) is 10.0. The molecule has 3 rings (SSSR count). The molecular formula is C23H29NO5. The van der Waals surface area contributed by atoms with E-state index in [2.05, 4.69) is 13.8 Å². The number of Topliss-reactive ketones (excluding diaryl/α,β-unsaturated/α-hetero) is 1. The molecule has 2 aliphatic rings. The van der Waals surface area contributed by atoms with Gasteiger partial charge in [0.25, 0.3) is 0 Å². The molecule has 1 aromatic rings. The standard InChI is InChI=1S/C23H29NO5/c1-6-9-29-22(27)19-13(2)24-15-11-23(3,4)12-17(26)21(15)20(19)14-7-8-16(25)18(10-14)28-5/h7-8,10,19-20,25H,6,9,11-12H2,1-5H3/t19?,20-/m1/s1. The van der Waals surface area contributed by atoms with Gasteiger partial charge in [0.15, 0.2) is 17.3 Å². The lowest BCUT2D eigenvalue weighted by atomic mass is 9.67. The van der Waals surface area contributed by atoms with Crippen LogP contribution in [0, 0.1) is 11.3 Å². The molecule has 0 bridgehead atoms. The zero-order valence-electron chi connectivity index (χ0n) is 17.7. The lowest BCUT2D eigenvalue weighted by Gasteiger charge is -2.39. The number of nitrogens with zero attached hydrogens (tertiary/aromatic N) is 1. The van der Waals surface area contributed by atoms with E-state index in [1.807, 2.05) is 13.8 Å². The van der Waals surface area contributed by atoms with Gasteiger partial charge in [-0.1, -0.05) is 26.8 Å². The normalized spacial score (nSPS) is 23.3. The highest BCUT2D eigenvalue weighted by Gasteiger charge is 2.46. The number of hydrogen-bond acceptors (Lipinski definition) is 6. The molecule has 1 aliphatic carbocycles. The molecule has 29 heavy (non-hydrogen) atoms. The molecule has 0 amide bonds. The van der Waals surface area contributed by atoms with Gasteiger partial charge < -0.3 is 14.6 Å². The molecule has 1 aliphatic heterocycles. The molecule has 1 heterocycles. The number of aliphatic imine (C=N–C) groups is 1. The van der Waals surface area contributed by atoms with Crippen LogP contribution in [-0.2, 0) is 14.3 Å². The largest absolute Gasteiger partial charge is 0.504 e. The third kappa shape index (κ3) is 4.07. The van der Waals surface area contributed by atoms with Crippen LogP contribution in [0.2, 0.25) is 0 Å². The number of rotatable bonds is 5. The zero-order valence-corrected chi connectivity index (χ0v) is 17.7. The maximum absolute atomic E-state index is 13.2. The summed E-state index contributed by atoms with van der Waals surface area (Å²) in [6, 6.07) is 4.95. The third-order valence-corrected chi connectivity index (χ3v) is 5.57. The Morgan fingerprint density at radius 3 is 2.69 bits per heavy atom. The maximum atomic E-state index is 13.2. The van der Waals surface area contributed by atoms with E-state index in [0.717, 1.165) is 11.3 Å². The molecule has 0 radical (unpaired) electrons. The Hall–Kier alpha value is -2.63. The first-order valence-electron chi connectivity index (χ1n) is 10.0. The number of benzene rings is 1. The van der Waals surface area contributed by atoms with Gasteiger partial charge in [-0.2, -0.15) is 0 Å². The van der Waals surface area contributed by atoms with Gasteiger partial charge in [0.2, 0.25) is 0 Å². The van der Waals surface area contributed by atoms with Gasteiger partial charge >= 0.3 is 5.97 Å². The highest BCUT2D eigenvalue weighted by atomic mass is 16.5. The second-order valence-electron chi connectivity index (χ2n) is 8.61. The van der Waals surface area contributed by atoms with Crippen LogP contribution in [0.1, 0.15) is 58.4 Å². The van der Waals surface area contributed by atoms with E-state index in [1.165, 1.54) is 13.2 Å². The molecule has 0 fully saturated rings. The fraction of sp³-hybridized carbons (Fsp3) is 0.522. The number of allylic oxidation sites excluding steroid dienone is 2. The van der Waals surface area contributed by atoms with E-state index in [9.17, 15) is 14.7 Å². The van der Waals surface area contributed by atoms with Crippen molar-refractivity contribution in [2.45, 2.75) is 52.9 Å². The van der Waals surface area contributed by atoms with E-state index in [-0.39, 0.29) is 22.9 Å². The van der Waals surface area contributed by atoms with E-state index < -0.39 is 11.8 Å². The minimum Gasteiger partial charge on any atom is -0.504 e. The molecule has 6 nitrogen and oxygen atoms in total. The molecule has 0 aromatic heterocycles. The number of carbonyl (C=O) groups is 2. The number of ketones is 1. The van der Waals surface area contributed by atoms with Crippen molar-refractivity contribution in [1.82, 2.24) is 0 Å². The van der Waals surface area contributed by atoms with Crippen molar-refractivity contribution in [2.75, 3.05) is 13.7 Å². The molecule has 1 aromatic carbocycles. The molecule has 6 heteroatoms. The van der Waals surface area contributed by atoms with Gasteiger partial charge in [0.05, 0.1) is 13.7 Å². The van der Waals surface area contributed by atoms with Crippen molar-refractivity contribution < 1.29 is 24.2 Å². The summed E-state index contributed by atoms with van der Waals surface area (Å²) >= 11 is 0. The quantitative estimate of drug-likeness (QED) is 0.751. The smallest absolute Gasteiger partial charge is 0.315 e. The summed E-state index contributed by atoms with van der Waals surface area (Å²) in [6.07, 6.45) is 1.80. The van der Waals surface area contributed by atoms with E-state index in [0.29, 0.717) is 42.9 Å². The zero-order chi connectivity index (χ0) is 21.3.